The van der Waals surface area contributed by atoms with Crippen LogP contribution in [0, 0.1) is 0 Å². The van der Waals surface area contributed by atoms with Crippen molar-refractivity contribution in [3.05, 3.63) is 35.9 Å². The third-order valence-electron chi connectivity index (χ3n) is 1.64. The maximum atomic E-state index is 2.22. The van der Waals surface area contributed by atoms with Crippen LogP contribution in [0.5, 0.6) is 0 Å². The normalized spacial score (nSPS) is 11.5. The van der Waals surface area contributed by atoms with Gasteiger partial charge in [0.1, 0.15) is 0 Å². The molecule has 1 aromatic rings. The standard InChI is InChI=1S/C10H14.12H2/c1-10(2,3)9-7-5-4-6-8-9;;;;;;;;;;;;/h4-8H,1-3H3;12*1H. The van der Waals surface area contributed by atoms with Crippen LogP contribution in [0.4, 0.5) is 0 Å². The van der Waals surface area contributed by atoms with Gasteiger partial charge in [0, 0.05) is 17.1 Å². The topological polar surface area (TPSA) is 0 Å². The van der Waals surface area contributed by atoms with E-state index in [1.54, 1.807) is 0 Å². The molecule has 10 heavy (non-hydrogen) atoms. The molecule has 0 heterocycles. The van der Waals surface area contributed by atoms with E-state index in [4.69, 9.17) is 0 Å². The van der Waals surface area contributed by atoms with Crippen molar-refractivity contribution >= 4 is 0 Å². The van der Waals surface area contributed by atoms with Crippen molar-refractivity contribution in [3.8, 4) is 0 Å². The van der Waals surface area contributed by atoms with E-state index in [0.29, 0.717) is 5.41 Å². The third-order valence-corrected chi connectivity index (χ3v) is 1.64. The fourth-order valence-corrected chi connectivity index (χ4v) is 0.938. The average Bonchev–Trinajstić information content (AvgIpc) is 1.88. The van der Waals surface area contributed by atoms with E-state index in [0.717, 1.165) is 0 Å². The summed E-state index contributed by atoms with van der Waals surface area (Å²) >= 11 is 0. The molecule has 0 nitrogen and oxygen atoms in total. The van der Waals surface area contributed by atoms with Crippen molar-refractivity contribution in [1.82, 2.24) is 0 Å². The molecule has 0 spiro atoms. The Bertz CT molecular complexity index is 213. The van der Waals surface area contributed by atoms with Crippen molar-refractivity contribution in [2.45, 2.75) is 26.2 Å². The molecule has 0 saturated carbocycles. The average molecular weight is 158 g/mol. The largest absolute Gasteiger partial charge is 0.0622 e. The second-order valence-electron chi connectivity index (χ2n) is 3.62. The van der Waals surface area contributed by atoms with Gasteiger partial charge in [0.2, 0.25) is 0 Å². The molecule has 0 amide bonds. The molecule has 0 aliphatic heterocycles. The van der Waals surface area contributed by atoms with Gasteiger partial charge >= 0.3 is 0 Å². The number of hydrogen-bond acceptors (Lipinski definition) is 0. The minimum Gasteiger partial charge on any atom is -0.0622 e. The highest BCUT2D eigenvalue weighted by atomic mass is 14.2. The zero-order chi connectivity index (χ0) is 7.61. The van der Waals surface area contributed by atoms with Crippen LogP contribution >= 0.6 is 0 Å². The minimum absolute atomic E-state index is 0. The summed E-state index contributed by atoms with van der Waals surface area (Å²) in [6.07, 6.45) is 0. The molecule has 0 fully saturated rings. The van der Waals surface area contributed by atoms with Gasteiger partial charge in [0.15, 0.2) is 0 Å². The van der Waals surface area contributed by atoms with E-state index in [2.05, 4.69) is 51.1 Å². The molecule has 0 bridgehead atoms. The summed E-state index contributed by atoms with van der Waals surface area (Å²) in [4.78, 5) is 0. The zero-order valence-corrected chi connectivity index (χ0v) is 6.89. The second kappa shape index (κ2) is 2.45. The van der Waals surface area contributed by atoms with Gasteiger partial charge in [-0.15, -0.1) is 0 Å². The van der Waals surface area contributed by atoms with Crippen molar-refractivity contribution in [3.63, 3.8) is 0 Å². The Morgan fingerprint density at radius 2 is 1.50 bits per heavy atom. The zero-order valence-electron chi connectivity index (χ0n) is 6.89. The summed E-state index contributed by atoms with van der Waals surface area (Å²) in [5.74, 6) is 0. The minimum atomic E-state index is 0. The van der Waals surface area contributed by atoms with E-state index < -0.39 is 0 Å². The predicted molar refractivity (Wildman–Crippen MR) is 70.5 cm³/mol. The van der Waals surface area contributed by atoms with Gasteiger partial charge in [0.25, 0.3) is 0 Å². The molecule has 0 heteroatoms. The smallest absolute Gasteiger partial charge is 0 e. The lowest BCUT2D eigenvalue weighted by atomic mass is 9.87. The number of rotatable bonds is 0. The lowest BCUT2D eigenvalue weighted by Crippen LogP contribution is -2.10. The highest BCUT2D eigenvalue weighted by molar-refractivity contribution is 5.21. The van der Waals surface area contributed by atoms with Crippen LogP contribution in [-0.2, 0) is 5.41 Å². The molecule has 0 unspecified atom stereocenters. The third kappa shape index (κ3) is 1.60. The predicted octanol–water partition coefficient (Wildman–Crippen LogP) is 5.94. The van der Waals surface area contributed by atoms with Gasteiger partial charge in [-0.25, -0.2) is 0 Å². The first-order chi connectivity index (χ1) is 4.61. The molecule has 0 saturated heterocycles. The molecule has 1 aromatic carbocycles. The molecule has 0 aromatic heterocycles. The van der Waals surface area contributed by atoms with Crippen LogP contribution < -0.4 is 0 Å². The molecular formula is C10H38. The van der Waals surface area contributed by atoms with E-state index in [-0.39, 0.29) is 17.1 Å². The summed E-state index contributed by atoms with van der Waals surface area (Å²) in [6, 6.07) is 10.6. The van der Waals surface area contributed by atoms with Crippen molar-refractivity contribution < 1.29 is 17.1 Å². The molecule has 0 aliphatic rings. The first-order valence-electron chi connectivity index (χ1n) is 3.66. The maximum absolute atomic E-state index is 2.22. The number of hydrogen-bond donors (Lipinski definition) is 0. The lowest BCUT2D eigenvalue weighted by Gasteiger charge is -2.18. The molecule has 0 aliphatic carbocycles. The van der Waals surface area contributed by atoms with E-state index in [1.165, 1.54) is 5.56 Å². The van der Waals surface area contributed by atoms with Gasteiger partial charge in [-0.05, 0) is 11.0 Å². The molecule has 0 N–H and O–H groups in total. The Morgan fingerprint density at radius 1 is 1.00 bits per heavy atom. The highest BCUT2D eigenvalue weighted by Gasteiger charge is 2.11. The van der Waals surface area contributed by atoms with Gasteiger partial charge < -0.3 is 0 Å². The molecule has 0 radical (unpaired) electrons. The van der Waals surface area contributed by atoms with Crippen molar-refractivity contribution in [2.24, 2.45) is 0 Å². The van der Waals surface area contributed by atoms with Crippen LogP contribution in [0.25, 0.3) is 0 Å². The Morgan fingerprint density at radius 3 is 1.80 bits per heavy atom. The Hall–Kier alpha value is -0.780. The summed E-state index contributed by atoms with van der Waals surface area (Å²) in [7, 11) is 0. The van der Waals surface area contributed by atoms with Crippen LogP contribution in [0.2, 0.25) is 0 Å². The fourth-order valence-electron chi connectivity index (χ4n) is 0.938. The van der Waals surface area contributed by atoms with Crippen molar-refractivity contribution in [2.75, 3.05) is 0 Å². The number of benzene rings is 1. The highest BCUT2D eigenvalue weighted by Crippen LogP contribution is 2.20. The Kier molecular flexibility index (Phi) is 1.80. The summed E-state index contributed by atoms with van der Waals surface area (Å²) in [5, 5.41) is 0. The molecule has 1 rings (SSSR count). The van der Waals surface area contributed by atoms with Gasteiger partial charge in [0.05, 0.1) is 0 Å². The lowest BCUT2D eigenvalue weighted by molar-refractivity contribution is 0.590. The van der Waals surface area contributed by atoms with Crippen LogP contribution in [0.15, 0.2) is 30.3 Å². The van der Waals surface area contributed by atoms with Gasteiger partial charge in [-0.3, -0.25) is 0 Å². The SMILES string of the molecule is CC(C)(C)c1ccccc1.[HH].[HH].[HH].[HH].[HH].[HH].[HH].[HH].[HH].[HH].[HH].[HH]. The van der Waals surface area contributed by atoms with Crippen molar-refractivity contribution in [1.29, 1.82) is 0 Å². The first kappa shape index (κ1) is 7.33. The quantitative estimate of drug-likeness (QED) is 0.438. The molecular weight excluding hydrogens is 120 g/mol. The summed E-state index contributed by atoms with van der Waals surface area (Å²) < 4.78 is 0. The Labute approximate surface area is 80.7 Å². The van der Waals surface area contributed by atoms with Crippen LogP contribution in [-0.4, -0.2) is 0 Å². The summed E-state index contributed by atoms with van der Waals surface area (Å²) in [6.45, 7) is 6.67. The van der Waals surface area contributed by atoms with Crippen LogP contribution in [0.3, 0.4) is 0 Å². The first-order valence-corrected chi connectivity index (χ1v) is 3.66. The fraction of sp³-hybridized carbons (Fsp3) is 0.400. The van der Waals surface area contributed by atoms with E-state index in [9.17, 15) is 0 Å². The van der Waals surface area contributed by atoms with Crippen LogP contribution in [0.1, 0.15) is 43.5 Å². The van der Waals surface area contributed by atoms with Gasteiger partial charge in [-0.2, -0.15) is 0 Å². The maximum Gasteiger partial charge on any atom is 0 e. The van der Waals surface area contributed by atoms with E-state index in [1.807, 2.05) is 0 Å². The molecule has 78 valence electrons. The van der Waals surface area contributed by atoms with E-state index >= 15 is 0 Å². The van der Waals surface area contributed by atoms with Gasteiger partial charge in [-0.1, -0.05) is 51.1 Å². The summed E-state index contributed by atoms with van der Waals surface area (Å²) in [5.41, 5.74) is 1.69. The monoisotopic (exact) mass is 158 g/mol. The Balaban J connectivity index is -0.00000000833. The molecule has 0 atom stereocenters. The second-order valence-corrected chi connectivity index (χ2v) is 3.62.